The number of nitro benzene ring substituents is 1. The number of nitrogens with two attached hydrogens (primary N) is 1. The molecule has 0 atom stereocenters. The van der Waals surface area contributed by atoms with Crippen LogP contribution in [0, 0.1) is 10.1 Å². The van der Waals surface area contributed by atoms with E-state index < -0.39 is 10.9 Å². The maximum Gasteiger partial charge on any atom is 0.350 e. The van der Waals surface area contributed by atoms with E-state index in [1.54, 1.807) is 25.1 Å². The Hall–Kier alpha value is -2.41. The van der Waals surface area contributed by atoms with Gasteiger partial charge in [-0.2, -0.15) is 0 Å². The quantitative estimate of drug-likeness (QED) is 0.530. The van der Waals surface area contributed by atoms with Crippen molar-refractivity contribution >= 4 is 28.7 Å². The van der Waals surface area contributed by atoms with E-state index in [1.165, 1.54) is 12.1 Å². The van der Waals surface area contributed by atoms with Gasteiger partial charge in [-0.15, -0.1) is 11.3 Å². The summed E-state index contributed by atoms with van der Waals surface area (Å²) in [5.41, 5.74) is 6.74. The number of benzene rings is 1. The lowest BCUT2D eigenvalue weighted by Gasteiger charge is -1.99. The molecule has 1 aromatic carbocycles. The van der Waals surface area contributed by atoms with E-state index >= 15 is 0 Å². The highest BCUT2D eigenvalue weighted by Gasteiger charge is 2.17. The molecule has 0 radical (unpaired) electrons. The fourth-order valence-corrected chi connectivity index (χ4v) is 2.65. The van der Waals surface area contributed by atoms with Gasteiger partial charge in [0.15, 0.2) is 0 Å². The number of hydrogen-bond acceptors (Lipinski definition) is 6. The van der Waals surface area contributed by atoms with Crippen molar-refractivity contribution in [3.8, 4) is 10.4 Å². The van der Waals surface area contributed by atoms with Crippen LogP contribution in [0.25, 0.3) is 10.4 Å². The molecular weight excluding hydrogens is 280 g/mol. The molecule has 2 rings (SSSR count). The van der Waals surface area contributed by atoms with E-state index in [4.69, 9.17) is 10.5 Å². The van der Waals surface area contributed by atoms with Gasteiger partial charge >= 0.3 is 5.97 Å². The van der Waals surface area contributed by atoms with E-state index in [0.717, 1.165) is 11.3 Å². The molecule has 0 saturated heterocycles. The van der Waals surface area contributed by atoms with Crippen LogP contribution in [-0.4, -0.2) is 17.5 Å². The highest BCUT2D eigenvalue weighted by atomic mass is 32.1. The number of nitrogens with zero attached hydrogens (tertiary/aromatic N) is 1. The maximum atomic E-state index is 11.7. The van der Waals surface area contributed by atoms with E-state index in [2.05, 4.69) is 0 Å². The van der Waals surface area contributed by atoms with Crippen LogP contribution in [0.2, 0.25) is 0 Å². The predicted octanol–water partition coefficient (Wildman–Crippen LogP) is 3.08. The Labute approximate surface area is 118 Å². The maximum absolute atomic E-state index is 11.7. The van der Waals surface area contributed by atoms with Crippen LogP contribution in [-0.2, 0) is 4.74 Å². The second kappa shape index (κ2) is 5.70. The molecule has 0 amide bonds. The number of hydrogen-bond donors (Lipinski definition) is 1. The molecule has 0 aliphatic heterocycles. The summed E-state index contributed by atoms with van der Waals surface area (Å²) in [7, 11) is 0. The van der Waals surface area contributed by atoms with E-state index in [9.17, 15) is 14.9 Å². The number of non-ortho nitro benzene ring substituents is 1. The van der Waals surface area contributed by atoms with Gasteiger partial charge in [-0.3, -0.25) is 10.1 Å². The summed E-state index contributed by atoms with van der Waals surface area (Å²) in [6, 6.07) is 7.80. The van der Waals surface area contributed by atoms with Gasteiger partial charge in [0.1, 0.15) is 4.88 Å². The van der Waals surface area contributed by atoms with Gasteiger partial charge < -0.3 is 10.5 Å². The Bertz CT molecular complexity index is 666. The fourth-order valence-electron chi connectivity index (χ4n) is 1.68. The van der Waals surface area contributed by atoms with Crippen molar-refractivity contribution in [3.63, 3.8) is 0 Å². The zero-order chi connectivity index (χ0) is 14.7. The molecule has 1 aromatic heterocycles. The molecule has 7 heteroatoms. The minimum atomic E-state index is -0.480. The highest BCUT2D eigenvalue weighted by Crippen LogP contribution is 2.34. The standard InChI is InChI=1S/C13H12N2O4S/c1-2-19-13(16)12-10(14)7-11(20-12)8-4-3-5-9(6-8)15(17)18/h3-7H,2,14H2,1H3. The summed E-state index contributed by atoms with van der Waals surface area (Å²) in [5, 5.41) is 10.8. The van der Waals surface area contributed by atoms with Crippen molar-refractivity contribution in [2.45, 2.75) is 6.92 Å². The molecule has 2 N–H and O–H groups in total. The Morgan fingerprint density at radius 3 is 2.85 bits per heavy atom. The first-order valence-electron chi connectivity index (χ1n) is 5.84. The van der Waals surface area contributed by atoms with Gasteiger partial charge in [0.05, 0.1) is 17.2 Å². The van der Waals surface area contributed by atoms with Crippen molar-refractivity contribution in [1.82, 2.24) is 0 Å². The van der Waals surface area contributed by atoms with Gasteiger partial charge in [-0.1, -0.05) is 12.1 Å². The number of nitrogen functional groups attached to an aromatic ring is 1. The van der Waals surface area contributed by atoms with Crippen molar-refractivity contribution < 1.29 is 14.5 Å². The van der Waals surface area contributed by atoms with Crippen LogP contribution in [0.4, 0.5) is 11.4 Å². The molecule has 0 spiro atoms. The van der Waals surface area contributed by atoms with Crippen molar-refractivity contribution in [2.75, 3.05) is 12.3 Å². The second-order valence-electron chi connectivity index (χ2n) is 3.92. The van der Waals surface area contributed by atoms with Gasteiger partial charge in [0.2, 0.25) is 0 Å². The number of anilines is 1. The van der Waals surface area contributed by atoms with Crippen molar-refractivity contribution in [1.29, 1.82) is 0 Å². The number of thiophene rings is 1. The third-order valence-corrected chi connectivity index (χ3v) is 3.74. The molecule has 0 fully saturated rings. The summed E-state index contributed by atoms with van der Waals surface area (Å²) in [6.07, 6.45) is 0. The van der Waals surface area contributed by atoms with Crippen molar-refractivity contribution in [2.24, 2.45) is 0 Å². The number of ether oxygens (including phenoxy) is 1. The molecule has 6 nitrogen and oxygen atoms in total. The molecular formula is C13H12N2O4S. The summed E-state index contributed by atoms with van der Waals surface area (Å²) >= 11 is 1.16. The molecule has 0 saturated carbocycles. The number of esters is 1. The average molecular weight is 292 g/mol. The summed E-state index contributed by atoms with van der Waals surface area (Å²) < 4.78 is 4.90. The molecule has 0 unspecified atom stereocenters. The highest BCUT2D eigenvalue weighted by molar-refractivity contribution is 7.18. The monoisotopic (exact) mass is 292 g/mol. The first-order chi connectivity index (χ1) is 9.52. The van der Waals surface area contributed by atoms with Gasteiger partial charge in [-0.25, -0.2) is 4.79 Å². The fraction of sp³-hybridized carbons (Fsp3) is 0.154. The Kier molecular flexibility index (Phi) is 3.99. The summed E-state index contributed by atoms with van der Waals surface area (Å²) in [5.74, 6) is -0.480. The average Bonchev–Trinajstić information content (AvgIpc) is 2.81. The van der Waals surface area contributed by atoms with Gasteiger partial charge in [0, 0.05) is 17.0 Å². The van der Waals surface area contributed by atoms with Crippen LogP contribution in [0.5, 0.6) is 0 Å². The number of carbonyl (C=O) groups excluding carboxylic acids is 1. The van der Waals surface area contributed by atoms with Crippen LogP contribution >= 0.6 is 11.3 Å². The molecule has 0 aliphatic carbocycles. The molecule has 0 aliphatic rings. The molecule has 2 aromatic rings. The minimum Gasteiger partial charge on any atom is -0.462 e. The Balaban J connectivity index is 2.39. The lowest BCUT2D eigenvalue weighted by molar-refractivity contribution is -0.384. The normalized spacial score (nSPS) is 10.2. The van der Waals surface area contributed by atoms with Crippen LogP contribution in [0.15, 0.2) is 30.3 Å². The number of nitro groups is 1. The first-order valence-corrected chi connectivity index (χ1v) is 6.65. The van der Waals surface area contributed by atoms with Crippen LogP contribution < -0.4 is 5.73 Å². The third kappa shape index (κ3) is 2.77. The van der Waals surface area contributed by atoms with E-state index in [1.807, 2.05) is 0 Å². The topological polar surface area (TPSA) is 95.5 Å². The van der Waals surface area contributed by atoms with Crippen LogP contribution in [0.1, 0.15) is 16.6 Å². The molecule has 104 valence electrons. The van der Waals surface area contributed by atoms with Crippen molar-refractivity contribution in [3.05, 3.63) is 45.3 Å². The molecule has 20 heavy (non-hydrogen) atoms. The van der Waals surface area contributed by atoms with Gasteiger partial charge in [0.25, 0.3) is 5.69 Å². The largest absolute Gasteiger partial charge is 0.462 e. The smallest absolute Gasteiger partial charge is 0.350 e. The lowest BCUT2D eigenvalue weighted by Crippen LogP contribution is -2.04. The van der Waals surface area contributed by atoms with Gasteiger partial charge in [-0.05, 0) is 18.6 Å². The number of carbonyl (C=O) groups is 1. The van der Waals surface area contributed by atoms with Crippen LogP contribution in [0.3, 0.4) is 0 Å². The number of rotatable bonds is 4. The summed E-state index contributed by atoms with van der Waals surface area (Å²) in [4.78, 5) is 23.0. The first kappa shape index (κ1) is 14.0. The SMILES string of the molecule is CCOC(=O)c1sc(-c2cccc([N+](=O)[O-])c2)cc1N. The zero-order valence-electron chi connectivity index (χ0n) is 10.7. The molecule has 0 bridgehead atoms. The Morgan fingerprint density at radius 1 is 1.45 bits per heavy atom. The predicted molar refractivity (Wildman–Crippen MR) is 76.8 cm³/mol. The lowest BCUT2D eigenvalue weighted by atomic mass is 10.1. The summed E-state index contributed by atoms with van der Waals surface area (Å²) in [6.45, 7) is 1.98. The second-order valence-corrected chi connectivity index (χ2v) is 4.98. The minimum absolute atomic E-state index is 0.00726. The Morgan fingerprint density at radius 2 is 2.20 bits per heavy atom. The van der Waals surface area contributed by atoms with E-state index in [0.29, 0.717) is 21.0 Å². The third-order valence-electron chi connectivity index (χ3n) is 2.56. The van der Waals surface area contributed by atoms with E-state index in [-0.39, 0.29) is 12.3 Å². The zero-order valence-corrected chi connectivity index (χ0v) is 11.5. The molecule has 1 heterocycles.